The third-order valence-electron chi connectivity index (χ3n) is 9.41. The van der Waals surface area contributed by atoms with Crippen LogP contribution < -0.4 is 0 Å². The molecule has 1 atom stereocenters. The van der Waals surface area contributed by atoms with Gasteiger partial charge in [-0.3, -0.25) is 0 Å². The zero-order chi connectivity index (χ0) is 34.7. The van der Waals surface area contributed by atoms with Gasteiger partial charge < -0.3 is 14.2 Å². The molecule has 0 bridgehead atoms. The van der Waals surface area contributed by atoms with Crippen molar-refractivity contribution >= 4 is 0 Å². The second kappa shape index (κ2) is 44.1. The van der Waals surface area contributed by atoms with E-state index in [1.54, 1.807) is 0 Å². The van der Waals surface area contributed by atoms with E-state index in [0.29, 0.717) is 6.61 Å². The van der Waals surface area contributed by atoms with E-state index < -0.39 is 0 Å². The van der Waals surface area contributed by atoms with Crippen molar-refractivity contribution in [1.82, 2.24) is 0 Å². The highest BCUT2D eigenvalue weighted by Crippen LogP contribution is 2.13. The molecule has 284 valence electrons. The molecular formula is C45H86O3. The Morgan fingerprint density at radius 1 is 0.417 bits per heavy atom. The zero-order valence-electron chi connectivity index (χ0n) is 32.9. The molecule has 0 aromatic heterocycles. The highest BCUT2D eigenvalue weighted by molar-refractivity contribution is 4.82. The molecular weight excluding hydrogens is 588 g/mol. The van der Waals surface area contributed by atoms with E-state index in [9.17, 15) is 0 Å². The van der Waals surface area contributed by atoms with Crippen molar-refractivity contribution in [2.75, 3.05) is 33.0 Å². The molecule has 0 heterocycles. The van der Waals surface area contributed by atoms with E-state index in [4.69, 9.17) is 14.2 Å². The number of hydrogen-bond acceptors (Lipinski definition) is 3. The molecule has 0 aromatic rings. The van der Waals surface area contributed by atoms with Gasteiger partial charge in [0.1, 0.15) is 0 Å². The molecule has 48 heavy (non-hydrogen) atoms. The fourth-order valence-electron chi connectivity index (χ4n) is 6.22. The summed E-state index contributed by atoms with van der Waals surface area (Å²) >= 11 is 0. The minimum atomic E-state index is 0.224. The van der Waals surface area contributed by atoms with Crippen LogP contribution in [-0.2, 0) is 14.2 Å². The van der Waals surface area contributed by atoms with Gasteiger partial charge in [-0.05, 0) is 83.5 Å². The smallest absolute Gasteiger partial charge is 0.0808 e. The number of hydrogen-bond donors (Lipinski definition) is 0. The monoisotopic (exact) mass is 675 g/mol. The lowest BCUT2D eigenvalue weighted by Gasteiger charge is -2.18. The second-order valence-electron chi connectivity index (χ2n) is 14.3. The molecule has 0 saturated carbocycles. The molecule has 0 spiro atoms. The lowest BCUT2D eigenvalue weighted by atomic mass is 10.1. The van der Waals surface area contributed by atoms with Crippen molar-refractivity contribution in [2.45, 2.75) is 219 Å². The Kier molecular flexibility index (Phi) is 43.3. The van der Waals surface area contributed by atoms with Crippen molar-refractivity contribution in [3.63, 3.8) is 0 Å². The van der Waals surface area contributed by atoms with Crippen LogP contribution in [0.3, 0.4) is 0 Å². The zero-order valence-corrected chi connectivity index (χ0v) is 32.9. The molecule has 0 amide bonds. The average molecular weight is 675 g/mol. The van der Waals surface area contributed by atoms with E-state index in [0.717, 1.165) is 45.7 Å². The predicted molar refractivity (Wildman–Crippen MR) is 214 cm³/mol. The van der Waals surface area contributed by atoms with E-state index in [1.807, 2.05) is 6.08 Å². The molecule has 0 aliphatic carbocycles. The van der Waals surface area contributed by atoms with Gasteiger partial charge in [0.15, 0.2) is 0 Å². The van der Waals surface area contributed by atoms with Gasteiger partial charge in [0, 0.05) is 19.8 Å². The molecule has 0 saturated heterocycles. The van der Waals surface area contributed by atoms with Gasteiger partial charge in [0.05, 0.1) is 19.3 Å². The maximum absolute atomic E-state index is 6.33. The summed E-state index contributed by atoms with van der Waals surface area (Å²) < 4.78 is 18.0. The van der Waals surface area contributed by atoms with E-state index in [2.05, 4.69) is 44.7 Å². The lowest BCUT2D eigenvalue weighted by molar-refractivity contribution is -0.0241. The van der Waals surface area contributed by atoms with Crippen LogP contribution in [0, 0.1) is 0 Å². The summed E-state index contributed by atoms with van der Waals surface area (Å²) in [4.78, 5) is 0. The molecule has 0 rings (SSSR count). The van der Waals surface area contributed by atoms with Gasteiger partial charge in [-0.1, -0.05) is 160 Å². The Morgan fingerprint density at radius 3 is 1.25 bits per heavy atom. The quantitative estimate of drug-likeness (QED) is 0.0476. The average Bonchev–Trinajstić information content (AvgIpc) is 3.10. The molecule has 0 fully saturated rings. The summed E-state index contributed by atoms with van der Waals surface area (Å²) in [5, 5.41) is 0. The van der Waals surface area contributed by atoms with Gasteiger partial charge in [-0.2, -0.15) is 0 Å². The van der Waals surface area contributed by atoms with Crippen LogP contribution in [0.5, 0.6) is 0 Å². The Labute approximate surface area is 302 Å². The van der Waals surface area contributed by atoms with Crippen LogP contribution in [0.4, 0.5) is 0 Å². The molecule has 3 heteroatoms. The molecule has 3 nitrogen and oxygen atoms in total. The first kappa shape index (κ1) is 47.1. The van der Waals surface area contributed by atoms with Crippen molar-refractivity contribution in [3.05, 3.63) is 37.0 Å². The first-order chi connectivity index (χ1) is 23.8. The molecule has 1 unspecified atom stereocenters. The standard InChI is InChI=1S/C45H86O3/c1-4-7-9-11-13-15-17-19-21-23-25-27-29-31-33-36-42-47-44-45(39-35-38-41-46-40-6-3)48-43-37-34-32-30-28-26-24-22-20-18-16-14-12-10-8-5-2/h6,19-22,45H,3-5,7-18,23-44H2,1-2H3/b21-19-,22-20-. The van der Waals surface area contributed by atoms with Gasteiger partial charge in [-0.15, -0.1) is 6.58 Å². The summed E-state index contributed by atoms with van der Waals surface area (Å²) in [6, 6.07) is 0. The summed E-state index contributed by atoms with van der Waals surface area (Å²) in [6.45, 7) is 12.3. The Hall–Kier alpha value is -0.900. The van der Waals surface area contributed by atoms with Crippen LogP contribution in [-0.4, -0.2) is 39.1 Å². The highest BCUT2D eigenvalue weighted by atomic mass is 16.5. The summed E-state index contributed by atoms with van der Waals surface area (Å²) in [7, 11) is 0. The van der Waals surface area contributed by atoms with Crippen molar-refractivity contribution in [3.8, 4) is 0 Å². The van der Waals surface area contributed by atoms with Crippen molar-refractivity contribution in [2.24, 2.45) is 0 Å². The number of rotatable bonds is 42. The Morgan fingerprint density at radius 2 is 0.792 bits per heavy atom. The van der Waals surface area contributed by atoms with Crippen LogP contribution >= 0.6 is 0 Å². The molecule has 0 aromatic carbocycles. The van der Waals surface area contributed by atoms with E-state index in [1.165, 1.54) is 180 Å². The van der Waals surface area contributed by atoms with Crippen LogP contribution in [0.15, 0.2) is 37.0 Å². The minimum absolute atomic E-state index is 0.224. The maximum atomic E-state index is 6.33. The number of allylic oxidation sites excluding steroid dienone is 4. The van der Waals surface area contributed by atoms with Crippen molar-refractivity contribution in [1.29, 1.82) is 0 Å². The summed E-state index contributed by atoms with van der Waals surface area (Å²) in [6.07, 6.45) is 52.6. The van der Waals surface area contributed by atoms with E-state index >= 15 is 0 Å². The second-order valence-corrected chi connectivity index (χ2v) is 14.3. The highest BCUT2D eigenvalue weighted by Gasteiger charge is 2.09. The Balaban J connectivity index is 3.78. The fourth-order valence-corrected chi connectivity index (χ4v) is 6.22. The van der Waals surface area contributed by atoms with E-state index in [-0.39, 0.29) is 6.10 Å². The van der Waals surface area contributed by atoms with Gasteiger partial charge in [0.2, 0.25) is 0 Å². The SMILES string of the molecule is C=CCOCCCCC(COCCCCCCCC/C=C\CCCCCCCC)OCCCCCCCC/C=C\CCCCCCCC. The molecule has 0 N–H and O–H groups in total. The normalized spacial score (nSPS) is 12.5. The fraction of sp³-hybridized carbons (Fsp3) is 0.867. The first-order valence-electron chi connectivity index (χ1n) is 21.5. The topological polar surface area (TPSA) is 27.7 Å². The van der Waals surface area contributed by atoms with Crippen molar-refractivity contribution < 1.29 is 14.2 Å². The lowest BCUT2D eigenvalue weighted by Crippen LogP contribution is -2.21. The van der Waals surface area contributed by atoms with Crippen LogP contribution in [0.1, 0.15) is 213 Å². The number of ether oxygens (including phenoxy) is 3. The summed E-state index contributed by atoms with van der Waals surface area (Å²) in [5.41, 5.74) is 0. The third-order valence-corrected chi connectivity index (χ3v) is 9.41. The third kappa shape index (κ3) is 41.3. The van der Waals surface area contributed by atoms with Crippen LogP contribution in [0.2, 0.25) is 0 Å². The molecule has 0 aliphatic heterocycles. The summed E-state index contributed by atoms with van der Waals surface area (Å²) in [5.74, 6) is 0. The molecule has 0 aliphatic rings. The molecule has 0 radical (unpaired) electrons. The van der Waals surface area contributed by atoms with Gasteiger partial charge in [-0.25, -0.2) is 0 Å². The van der Waals surface area contributed by atoms with Crippen LogP contribution in [0.25, 0.3) is 0 Å². The largest absolute Gasteiger partial charge is 0.379 e. The van der Waals surface area contributed by atoms with Gasteiger partial charge in [0.25, 0.3) is 0 Å². The Bertz CT molecular complexity index is 642. The number of unbranched alkanes of at least 4 members (excludes halogenated alkanes) is 25. The van der Waals surface area contributed by atoms with Gasteiger partial charge >= 0.3 is 0 Å². The predicted octanol–water partition coefficient (Wildman–Crippen LogP) is 14.8. The maximum Gasteiger partial charge on any atom is 0.0808 e. The minimum Gasteiger partial charge on any atom is -0.379 e. The first-order valence-corrected chi connectivity index (χ1v) is 21.5.